The minimum absolute atomic E-state index is 0.127. The molecule has 3 rings (SSSR count). The van der Waals surface area contributed by atoms with E-state index in [1.165, 1.54) is 6.33 Å². The predicted molar refractivity (Wildman–Crippen MR) is 82.8 cm³/mol. The first-order valence-corrected chi connectivity index (χ1v) is 7.73. The molecule has 1 aliphatic rings. The van der Waals surface area contributed by atoms with Crippen LogP contribution in [0.15, 0.2) is 31.0 Å². The van der Waals surface area contributed by atoms with Crippen molar-refractivity contribution in [2.24, 2.45) is 0 Å². The maximum absolute atomic E-state index is 12.0. The molecule has 0 unspecified atom stereocenters. The van der Waals surface area contributed by atoms with E-state index >= 15 is 0 Å². The summed E-state index contributed by atoms with van der Waals surface area (Å²) in [4.78, 5) is 20.2. The molecule has 0 aliphatic heterocycles. The SMILES string of the molecule is O=C(NCc1cccnc1-n1cncn1)NC1CCC(O)CC1. The third-order valence-corrected chi connectivity index (χ3v) is 3.97. The molecule has 2 amide bonds. The van der Waals surface area contributed by atoms with Crippen molar-refractivity contribution in [3.63, 3.8) is 0 Å². The van der Waals surface area contributed by atoms with E-state index in [1.54, 1.807) is 17.2 Å². The summed E-state index contributed by atoms with van der Waals surface area (Å²) in [5, 5.41) is 19.3. The molecule has 2 aromatic rings. The Balaban J connectivity index is 1.55. The van der Waals surface area contributed by atoms with Crippen molar-refractivity contribution in [2.45, 2.75) is 44.4 Å². The first-order valence-electron chi connectivity index (χ1n) is 7.73. The number of hydrogen-bond acceptors (Lipinski definition) is 5. The fourth-order valence-electron chi connectivity index (χ4n) is 2.72. The molecule has 0 saturated heterocycles. The van der Waals surface area contributed by atoms with Gasteiger partial charge in [0.05, 0.1) is 6.10 Å². The van der Waals surface area contributed by atoms with Gasteiger partial charge in [-0.2, -0.15) is 5.10 Å². The number of hydrogen-bond donors (Lipinski definition) is 3. The van der Waals surface area contributed by atoms with Crippen molar-refractivity contribution in [3.05, 3.63) is 36.5 Å². The molecule has 1 saturated carbocycles. The second kappa shape index (κ2) is 7.19. The molecule has 23 heavy (non-hydrogen) atoms. The fraction of sp³-hybridized carbons (Fsp3) is 0.467. The van der Waals surface area contributed by atoms with Crippen LogP contribution in [0.4, 0.5) is 4.79 Å². The van der Waals surface area contributed by atoms with E-state index in [9.17, 15) is 9.90 Å². The summed E-state index contributed by atoms with van der Waals surface area (Å²) < 4.78 is 1.57. The van der Waals surface area contributed by atoms with E-state index in [0.29, 0.717) is 12.4 Å². The molecule has 0 atom stereocenters. The number of pyridine rings is 1. The summed E-state index contributed by atoms with van der Waals surface area (Å²) in [7, 11) is 0. The zero-order valence-electron chi connectivity index (χ0n) is 12.7. The third kappa shape index (κ3) is 4.04. The number of aliphatic hydroxyl groups excluding tert-OH is 1. The van der Waals surface area contributed by atoms with Crippen LogP contribution in [0.2, 0.25) is 0 Å². The number of aliphatic hydroxyl groups is 1. The molecule has 8 heteroatoms. The molecule has 1 fully saturated rings. The van der Waals surface area contributed by atoms with Crippen LogP contribution in [0.5, 0.6) is 0 Å². The lowest BCUT2D eigenvalue weighted by Crippen LogP contribution is -2.44. The molecule has 0 radical (unpaired) electrons. The van der Waals surface area contributed by atoms with Gasteiger partial charge in [-0.25, -0.2) is 19.4 Å². The fourth-order valence-corrected chi connectivity index (χ4v) is 2.72. The maximum atomic E-state index is 12.0. The van der Waals surface area contributed by atoms with Gasteiger partial charge in [0.15, 0.2) is 5.82 Å². The summed E-state index contributed by atoms with van der Waals surface area (Å²) in [5.41, 5.74) is 0.854. The Kier molecular flexibility index (Phi) is 4.82. The second-order valence-corrected chi connectivity index (χ2v) is 5.66. The molecule has 3 N–H and O–H groups in total. The number of urea groups is 1. The lowest BCUT2D eigenvalue weighted by molar-refractivity contribution is 0.117. The molecule has 1 aliphatic carbocycles. The zero-order valence-corrected chi connectivity index (χ0v) is 12.7. The highest BCUT2D eigenvalue weighted by Gasteiger charge is 2.20. The van der Waals surface area contributed by atoms with Gasteiger partial charge < -0.3 is 15.7 Å². The maximum Gasteiger partial charge on any atom is 0.315 e. The van der Waals surface area contributed by atoms with Gasteiger partial charge in [-0.3, -0.25) is 0 Å². The van der Waals surface area contributed by atoms with E-state index in [2.05, 4.69) is 25.7 Å². The van der Waals surface area contributed by atoms with Gasteiger partial charge in [0.25, 0.3) is 0 Å². The minimum atomic E-state index is -0.225. The summed E-state index contributed by atoms with van der Waals surface area (Å²) >= 11 is 0. The van der Waals surface area contributed by atoms with Crippen LogP contribution in [0, 0.1) is 0 Å². The summed E-state index contributed by atoms with van der Waals surface area (Å²) in [6.07, 6.45) is 7.56. The van der Waals surface area contributed by atoms with Crippen LogP contribution in [0.1, 0.15) is 31.2 Å². The van der Waals surface area contributed by atoms with Gasteiger partial charge in [0.2, 0.25) is 0 Å². The Morgan fingerprint density at radius 2 is 2.17 bits per heavy atom. The molecule has 122 valence electrons. The molecule has 0 aromatic carbocycles. The summed E-state index contributed by atoms with van der Waals surface area (Å²) in [6.45, 7) is 0.351. The van der Waals surface area contributed by atoms with Crippen molar-refractivity contribution >= 4 is 6.03 Å². The Morgan fingerprint density at radius 1 is 1.35 bits per heavy atom. The number of amides is 2. The Morgan fingerprint density at radius 3 is 2.91 bits per heavy atom. The second-order valence-electron chi connectivity index (χ2n) is 5.66. The average Bonchev–Trinajstić information content (AvgIpc) is 3.10. The quantitative estimate of drug-likeness (QED) is 0.772. The molecule has 2 heterocycles. The Hall–Kier alpha value is -2.48. The van der Waals surface area contributed by atoms with E-state index < -0.39 is 0 Å². The molecular formula is C15H20N6O2. The largest absolute Gasteiger partial charge is 0.393 e. The van der Waals surface area contributed by atoms with Crippen LogP contribution in [0.25, 0.3) is 5.82 Å². The van der Waals surface area contributed by atoms with Crippen LogP contribution >= 0.6 is 0 Å². The highest BCUT2D eigenvalue weighted by molar-refractivity contribution is 5.74. The van der Waals surface area contributed by atoms with E-state index in [1.807, 2.05) is 12.1 Å². The zero-order chi connectivity index (χ0) is 16.1. The van der Waals surface area contributed by atoms with Gasteiger partial charge in [-0.15, -0.1) is 0 Å². The van der Waals surface area contributed by atoms with Gasteiger partial charge in [0.1, 0.15) is 12.7 Å². The first kappa shape index (κ1) is 15.4. The van der Waals surface area contributed by atoms with Crippen LogP contribution < -0.4 is 10.6 Å². The lowest BCUT2D eigenvalue weighted by Gasteiger charge is -2.26. The Labute approximate surface area is 134 Å². The van der Waals surface area contributed by atoms with Crippen molar-refractivity contribution in [1.82, 2.24) is 30.4 Å². The molecular weight excluding hydrogens is 296 g/mol. The lowest BCUT2D eigenvalue weighted by atomic mass is 9.93. The molecule has 2 aromatic heterocycles. The van der Waals surface area contributed by atoms with Crippen molar-refractivity contribution in [1.29, 1.82) is 0 Å². The average molecular weight is 316 g/mol. The normalized spacial score (nSPS) is 20.9. The van der Waals surface area contributed by atoms with Crippen LogP contribution in [-0.2, 0) is 6.54 Å². The number of nitrogens with zero attached hydrogens (tertiary/aromatic N) is 4. The monoisotopic (exact) mass is 316 g/mol. The molecule has 8 nitrogen and oxygen atoms in total. The van der Waals surface area contributed by atoms with Crippen LogP contribution in [0.3, 0.4) is 0 Å². The standard InChI is InChI=1S/C15H20N6O2/c22-13-5-3-12(4-6-13)20-15(23)18-8-11-2-1-7-17-14(11)21-10-16-9-19-21/h1-2,7,9-10,12-13,22H,3-6,8H2,(H2,18,20,23). The summed E-state index contributed by atoms with van der Waals surface area (Å²) in [5.74, 6) is 0.645. The van der Waals surface area contributed by atoms with Crippen molar-refractivity contribution in [2.75, 3.05) is 0 Å². The minimum Gasteiger partial charge on any atom is -0.393 e. The Bertz CT molecular complexity index is 637. The number of aromatic nitrogens is 4. The predicted octanol–water partition coefficient (Wildman–Crippen LogP) is 0.765. The smallest absolute Gasteiger partial charge is 0.315 e. The van der Waals surface area contributed by atoms with E-state index in [-0.39, 0.29) is 18.2 Å². The highest BCUT2D eigenvalue weighted by atomic mass is 16.3. The number of carbonyl (C=O) groups is 1. The van der Waals surface area contributed by atoms with Crippen LogP contribution in [-0.4, -0.2) is 43.0 Å². The van der Waals surface area contributed by atoms with Gasteiger partial charge in [-0.1, -0.05) is 6.07 Å². The van der Waals surface area contributed by atoms with E-state index in [0.717, 1.165) is 31.2 Å². The number of nitrogens with one attached hydrogen (secondary N) is 2. The van der Waals surface area contributed by atoms with Gasteiger partial charge >= 0.3 is 6.03 Å². The number of carbonyl (C=O) groups excluding carboxylic acids is 1. The highest BCUT2D eigenvalue weighted by Crippen LogP contribution is 2.18. The van der Waals surface area contributed by atoms with E-state index in [4.69, 9.17) is 0 Å². The molecule has 0 bridgehead atoms. The van der Waals surface area contributed by atoms with Crippen molar-refractivity contribution < 1.29 is 9.90 Å². The number of rotatable bonds is 4. The third-order valence-electron chi connectivity index (χ3n) is 3.97. The van der Waals surface area contributed by atoms with Gasteiger partial charge in [0, 0.05) is 24.3 Å². The van der Waals surface area contributed by atoms with Crippen molar-refractivity contribution in [3.8, 4) is 5.82 Å². The summed E-state index contributed by atoms with van der Waals surface area (Å²) in [6, 6.07) is 3.63. The molecule has 0 spiro atoms. The van der Waals surface area contributed by atoms with Gasteiger partial charge in [-0.05, 0) is 31.7 Å². The topological polar surface area (TPSA) is 105 Å². The first-order chi connectivity index (χ1) is 11.2.